The molecule has 1 saturated heterocycles. The second-order valence-electron chi connectivity index (χ2n) is 5.72. The monoisotopic (exact) mass is 344 g/mol. The molecule has 2 aromatic rings. The third-order valence-corrected chi connectivity index (χ3v) is 4.88. The lowest BCUT2D eigenvalue weighted by Gasteiger charge is -2.34. The van der Waals surface area contributed by atoms with Gasteiger partial charge in [0.1, 0.15) is 0 Å². The van der Waals surface area contributed by atoms with Crippen LogP contribution in [0.1, 0.15) is 16.1 Å². The topological polar surface area (TPSA) is 58.6 Å². The van der Waals surface area contributed by atoms with E-state index < -0.39 is 0 Å². The highest BCUT2D eigenvalue weighted by Crippen LogP contribution is 2.17. The molecule has 5 nitrogen and oxygen atoms in total. The molecule has 2 heterocycles. The number of para-hydroxylation sites is 1. The third kappa shape index (κ3) is 4.50. The Morgan fingerprint density at radius 2 is 2.04 bits per heavy atom. The second kappa shape index (κ2) is 8.19. The molecule has 1 fully saturated rings. The van der Waals surface area contributed by atoms with Gasteiger partial charge in [-0.25, -0.2) is 0 Å². The van der Waals surface area contributed by atoms with Crippen LogP contribution in [-0.2, 0) is 9.53 Å². The first-order chi connectivity index (χ1) is 11.7. The summed E-state index contributed by atoms with van der Waals surface area (Å²) < 4.78 is 5.51. The van der Waals surface area contributed by atoms with Crippen LogP contribution < -0.4 is 5.32 Å². The van der Waals surface area contributed by atoms with Crippen molar-refractivity contribution in [3.05, 3.63) is 52.7 Å². The Morgan fingerprint density at radius 3 is 2.79 bits per heavy atom. The van der Waals surface area contributed by atoms with E-state index in [1.54, 1.807) is 0 Å². The Balaban J connectivity index is 1.58. The lowest BCUT2D eigenvalue weighted by Crippen LogP contribution is -2.49. The minimum absolute atomic E-state index is 0.0603. The number of morpholine rings is 1. The quantitative estimate of drug-likeness (QED) is 0.819. The molecule has 6 heteroatoms. The predicted octanol–water partition coefficient (Wildman–Crippen LogP) is 2.66. The molecular weight excluding hydrogens is 324 g/mol. The normalized spacial score (nSPS) is 18.2. The zero-order valence-corrected chi connectivity index (χ0v) is 14.1. The molecule has 24 heavy (non-hydrogen) atoms. The minimum atomic E-state index is -0.0725. The average molecular weight is 344 g/mol. The van der Waals surface area contributed by atoms with Gasteiger partial charge in [-0.1, -0.05) is 24.3 Å². The summed E-state index contributed by atoms with van der Waals surface area (Å²) >= 11 is 1.45. The minimum Gasteiger partial charge on any atom is -0.378 e. The molecule has 1 aliphatic heterocycles. The summed E-state index contributed by atoms with van der Waals surface area (Å²) in [7, 11) is 0. The van der Waals surface area contributed by atoms with Crippen molar-refractivity contribution in [3.8, 4) is 0 Å². The number of carbonyl (C=O) groups is 2. The van der Waals surface area contributed by atoms with Gasteiger partial charge in [0.05, 0.1) is 24.6 Å². The highest BCUT2D eigenvalue weighted by atomic mass is 32.1. The van der Waals surface area contributed by atoms with Crippen molar-refractivity contribution in [3.63, 3.8) is 0 Å². The third-order valence-electron chi connectivity index (χ3n) is 3.97. The van der Waals surface area contributed by atoms with Gasteiger partial charge in [0.25, 0.3) is 0 Å². The van der Waals surface area contributed by atoms with E-state index in [9.17, 15) is 9.59 Å². The maximum Gasteiger partial charge on any atom is 0.238 e. The molecular formula is C18H20N2O3S. The van der Waals surface area contributed by atoms with E-state index in [2.05, 4.69) is 5.32 Å². The molecule has 1 aromatic heterocycles. The van der Waals surface area contributed by atoms with Gasteiger partial charge in [-0.2, -0.15) is 0 Å². The van der Waals surface area contributed by atoms with E-state index in [0.717, 1.165) is 10.6 Å². The first kappa shape index (κ1) is 16.8. The number of rotatable bonds is 6. The number of anilines is 1. The number of hydrogen-bond donors (Lipinski definition) is 1. The fraction of sp³-hybridized carbons (Fsp3) is 0.333. The van der Waals surface area contributed by atoms with Gasteiger partial charge in [0.2, 0.25) is 5.91 Å². The lowest BCUT2D eigenvalue weighted by molar-refractivity contribution is -0.119. The zero-order chi connectivity index (χ0) is 16.8. The Kier molecular flexibility index (Phi) is 5.74. The molecule has 0 unspecified atom stereocenters. The van der Waals surface area contributed by atoms with Crippen molar-refractivity contribution in [1.29, 1.82) is 0 Å². The van der Waals surface area contributed by atoms with Crippen LogP contribution in [0.5, 0.6) is 0 Å². The molecule has 0 saturated carbocycles. The smallest absolute Gasteiger partial charge is 0.238 e. The summed E-state index contributed by atoms with van der Waals surface area (Å²) in [4.78, 5) is 27.4. The molecule has 3 rings (SSSR count). The van der Waals surface area contributed by atoms with E-state index in [1.165, 1.54) is 11.3 Å². The van der Waals surface area contributed by atoms with Crippen molar-refractivity contribution < 1.29 is 14.3 Å². The summed E-state index contributed by atoms with van der Waals surface area (Å²) in [5.41, 5.74) is 0.780. The highest BCUT2D eigenvalue weighted by molar-refractivity contribution is 7.12. The van der Waals surface area contributed by atoms with Crippen molar-refractivity contribution in [2.45, 2.75) is 12.5 Å². The molecule has 1 atom stereocenters. The van der Waals surface area contributed by atoms with Crippen LogP contribution in [-0.4, -0.2) is 48.9 Å². The number of amides is 1. The number of ether oxygens (including phenoxy) is 1. The van der Waals surface area contributed by atoms with E-state index >= 15 is 0 Å². The number of nitrogens with one attached hydrogen (secondary N) is 1. The zero-order valence-electron chi connectivity index (χ0n) is 13.3. The van der Waals surface area contributed by atoms with Gasteiger partial charge in [-0.3, -0.25) is 14.5 Å². The summed E-state index contributed by atoms with van der Waals surface area (Å²) in [6.45, 7) is 1.99. The van der Waals surface area contributed by atoms with Crippen LogP contribution in [0.2, 0.25) is 0 Å². The van der Waals surface area contributed by atoms with Gasteiger partial charge in [0.15, 0.2) is 5.78 Å². The fourth-order valence-corrected chi connectivity index (χ4v) is 3.42. The van der Waals surface area contributed by atoms with E-state index in [4.69, 9.17) is 4.74 Å². The Bertz CT molecular complexity index is 673. The maximum absolute atomic E-state index is 12.3. The molecule has 0 spiro atoms. The first-order valence-electron chi connectivity index (χ1n) is 7.96. The first-order valence-corrected chi connectivity index (χ1v) is 8.84. The Morgan fingerprint density at radius 1 is 1.21 bits per heavy atom. The molecule has 1 aromatic carbocycles. The van der Waals surface area contributed by atoms with Crippen LogP contribution >= 0.6 is 11.3 Å². The van der Waals surface area contributed by atoms with Crippen molar-refractivity contribution in [2.24, 2.45) is 0 Å². The summed E-state index contributed by atoms with van der Waals surface area (Å²) in [6.07, 6.45) is 0.374. The van der Waals surface area contributed by atoms with Gasteiger partial charge in [-0.15, -0.1) is 11.3 Å². The number of nitrogens with zero attached hydrogens (tertiary/aromatic N) is 1. The summed E-state index contributed by atoms with van der Waals surface area (Å²) in [5.74, 6) is 0.0330. The van der Waals surface area contributed by atoms with Crippen LogP contribution in [0.15, 0.2) is 47.8 Å². The average Bonchev–Trinajstić information content (AvgIpc) is 3.12. The molecule has 1 amide bonds. The van der Waals surface area contributed by atoms with Gasteiger partial charge >= 0.3 is 0 Å². The van der Waals surface area contributed by atoms with Gasteiger partial charge < -0.3 is 10.1 Å². The van der Waals surface area contributed by atoms with Gasteiger partial charge in [0, 0.05) is 24.7 Å². The number of benzene rings is 1. The lowest BCUT2D eigenvalue weighted by atomic mass is 10.1. The van der Waals surface area contributed by atoms with Crippen molar-refractivity contribution in [2.75, 3.05) is 31.6 Å². The van der Waals surface area contributed by atoms with Gasteiger partial charge in [-0.05, 0) is 23.6 Å². The second-order valence-corrected chi connectivity index (χ2v) is 6.67. The van der Waals surface area contributed by atoms with Crippen molar-refractivity contribution >= 4 is 28.7 Å². The molecule has 0 bridgehead atoms. The predicted molar refractivity (Wildman–Crippen MR) is 94.5 cm³/mol. The summed E-state index contributed by atoms with van der Waals surface area (Å²) in [6, 6.07) is 13.0. The SMILES string of the molecule is O=C(CN1CCOC[C@@H]1CC(=O)c1cccs1)Nc1ccccc1. The largest absolute Gasteiger partial charge is 0.378 e. The van der Waals surface area contributed by atoms with Crippen LogP contribution in [0.25, 0.3) is 0 Å². The fourth-order valence-electron chi connectivity index (χ4n) is 2.74. The molecule has 126 valence electrons. The van der Waals surface area contributed by atoms with Crippen LogP contribution in [0.3, 0.4) is 0 Å². The molecule has 0 aliphatic carbocycles. The Hall–Kier alpha value is -2.02. The number of hydrogen-bond acceptors (Lipinski definition) is 5. The van der Waals surface area contributed by atoms with Crippen LogP contribution in [0.4, 0.5) is 5.69 Å². The maximum atomic E-state index is 12.3. The summed E-state index contributed by atoms with van der Waals surface area (Å²) in [5, 5.41) is 4.78. The highest BCUT2D eigenvalue weighted by Gasteiger charge is 2.27. The van der Waals surface area contributed by atoms with Crippen LogP contribution in [0, 0.1) is 0 Å². The van der Waals surface area contributed by atoms with Crippen molar-refractivity contribution in [1.82, 2.24) is 4.90 Å². The number of ketones is 1. The number of carbonyl (C=O) groups excluding carboxylic acids is 2. The molecule has 0 radical (unpaired) electrons. The van der Waals surface area contributed by atoms with E-state index in [-0.39, 0.29) is 24.3 Å². The standard InChI is InChI=1S/C18H20N2O3S/c21-16(17-7-4-10-24-17)11-15-13-23-9-8-20(15)12-18(22)19-14-5-2-1-3-6-14/h1-7,10,15H,8-9,11-13H2,(H,19,22)/t15-/m0/s1. The Labute approximate surface area is 145 Å². The van der Waals surface area contributed by atoms with E-state index in [0.29, 0.717) is 26.2 Å². The molecule has 1 N–H and O–H groups in total. The number of thiophene rings is 1. The molecule has 1 aliphatic rings. The van der Waals surface area contributed by atoms with E-state index in [1.807, 2.05) is 52.7 Å². The number of Topliss-reactive ketones (excluding diaryl/α,β-unsaturated/α-hetero) is 1.